The third-order valence-electron chi connectivity index (χ3n) is 3.75. The number of halogens is 1. The lowest BCUT2D eigenvalue weighted by Gasteiger charge is -2.07. The summed E-state index contributed by atoms with van der Waals surface area (Å²) in [4.78, 5) is 4.42. The monoisotopic (exact) mass is 355 g/mol. The Balaban J connectivity index is 1.64. The molecule has 24 heavy (non-hydrogen) atoms. The van der Waals surface area contributed by atoms with E-state index in [0.29, 0.717) is 17.5 Å². The normalized spacial score (nSPS) is 11.1. The molecule has 0 radical (unpaired) electrons. The fourth-order valence-corrected chi connectivity index (χ4v) is 3.58. The number of fused-ring (bicyclic) bond motifs is 1. The molecule has 120 valence electrons. The first-order chi connectivity index (χ1) is 11.7. The van der Waals surface area contributed by atoms with Crippen molar-refractivity contribution in [1.29, 1.82) is 0 Å². The van der Waals surface area contributed by atoms with Gasteiger partial charge in [-0.15, -0.1) is 5.10 Å². The van der Waals surface area contributed by atoms with E-state index in [1.54, 1.807) is 11.3 Å². The van der Waals surface area contributed by atoms with E-state index in [-0.39, 0.29) is 0 Å². The lowest BCUT2D eigenvalue weighted by atomic mass is 10.2. The van der Waals surface area contributed by atoms with Crippen LogP contribution in [0.2, 0.25) is 5.02 Å². The van der Waals surface area contributed by atoms with Crippen LogP contribution < -0.4 is 4.74 Å². The van der Waals surface area contributed by atoms with E-state index in [9.17, 15) is 0 Å². The van der Waals surface area contributed by atoms with Crippen molar-refractivity contribution in [2.45, 2.75) is 13.5 Å². The van der Waals surface area contributed by atoms with Gasteiger partial charge in [0.15, 0.2) is 5.65 Å². The van der Waals surface area contributed by atoms with Gasteiger partial charge in [0.05, 0.1) is 11.9 Å². The number of imidazole rings is 1. The second kappa shape index (κ2) is 6.26. The van der Waals surface area contributed by atoms with E-state index in [0.717, 1.165) is 22.5 Å². The van der Waals surface area contributed by atoms with Gasteiger partial charge in [0.25, 0.3) is 0 Å². The maximum absolute atomic E-state index is 6.00. The van der Waals surface area contributed by atoms with E-state index < -0.39 is 0 Å². The molecule has 1 aromatic carbocycles. The Morgan fingerprint density at radius 3 is 2.92 bits per heavy atom. The molecule has 3 heterocycles. The van der Waals surface area contributed by atoms with Crippen molar-refractivity contribution in [1.82, 2.24) is 14.6 Å². The number of hydrogen-bond acceptors (Lipinski definition) is 4. The number of thiophene rings is 1. The Bertz CT molecular complexity index is 1010. The molecule has 0 aliphatic heterocycles. The maximum atomic E-state index is 6.00. The molecule has 3 aromatic heterocycles. The average Bonchev–Trinajstić information content (AvgIpc) is 3.18. The highest BCUT2D eigenvalue weighted by Crippen LogP contribution is 2.27. The Labute approximate surface area is 148 Å². The Morgan fingerprint density at radius 1 is 1.21 bits per heavy atom. The van der Waals surface area contributed by atoms with Crippen molar-refractivity contribution < 1.29 is 4.74 Å². The van der Waals surface area contributed by atoms with Crippen LogP contribution in [0.3, 0.4) is 0 Å². The third-order valence-corrected chi connectivity index (χ3v) is 4.84. The van der Waals surface area contributed by atoms with E-state index in [1.165, 1.54) is 5.56 Å². The van der Waals surface area contributed by atoms with Gasteiger partial charge in [-0.2, -0.15) is 11.3 Å². The predicted octanol–water partition coefficient (Wildman–Crippen LogP) is 5.00. The molecule has 0 N–H and O–H groups in total. The van der Waals surface area contributed by atoms with Gasteiger partial charge in [0.1, 0.15) is 6.61 Å². The number of aryl methyl sites for hydroxylation is 1. The number of aromatic nitrogens is 3. The summed E-state index contributed by atoms with van der Waals surface area (Å²) in [5, 5.41) is 9.50. The summed E-state index contributed by atoms with van der Waals surface area (Å²) < 4.78 is 7.63. The predicted molar refractivity (Wildman–Crippen MR) is 96.8 cm³/mol. The molecule has 0 saturated carbocycles. The van der Waals surface area contributed by atoms with E-state index in [2.05, 4.69) is 27.8 Å². The van der Waals surface area contributed by atoms with Gasteiger partial charge >= 0.3 is 0 Å². The first-order valence-electron chi connectivity index (χ1n) is 7.46. The van der Waals surface area contributed by atoms with Crippen LogP contribution in [0.4, 0.5) is 0 Å². The second-order valence-corrected chi connectivity index (χ2v) is 6.65. The largest absolute Gasteiger partial charge is 0.472 e. The lowest BCUT2D eigenvalue weighted by molar-refractivity contribution is 0.289. The highest BCUT2D eigenvalue weighted by atomic mass is 35.5. The molecule has 6 heteroatoms. The number of hydrogen-bond donors (Lipinski definition) is 0. The Morgan fingerprint density at radius 2 is 2.12 bits per heavy atom. The van der Waals surface area contributed by atoms with Crippen LogP contribution in [0.5, 0.6) is 5.88 Å². The molecule has 0 aliphatic carbocycles. The average molecular weight is 356 g/mol. The fourth-order valence-electron chi connectivity index (χ4n) is 2.52. The fraction of sp³-hybridized carbons (Fsp3) is 0.111. The van der Waals surface area contributed by atoms with Crippen LogP contribution in [0.1, 0.15) is 11.1 Å². The van der Waals surface area contributed by atoms with Crippen LogP contribution in [0, 0.1) is 6.92 Å². The molecular weight excluding hydrogens is 342 g/mol. The van der Waals surface area contributed by atoms with Crippen molar-refractivity contribution in [2.24, 2.45) is 0 Å². The van der Waals surface area contributed by atoms with Crippen molar-refractivity contribution >= 4 is 28.6 Å². The third kappa shape index (κ3) is 2.88. The summed E-state index contributed by atoms with van der Waals surface area (Å²) in [6, 6.07) is 11.4. The Kier molecular flexibility index (Phi) is 3.96. The summed E-state index contributed by atoms with van der Waals surface area (Å²) in [6.07, 6.45) is 1.85. The zero-order valence-corrected chi connectivity index (χ0v) is 14.5. The summed E-state index contributed by atoms with van der Waals surface area (Å²) in [5.74, 6) is 0.551. The van der Waals surface area contributed by atoms with Crippen molar-refractivity contribution in [3.8, 4) is 17.1 Å². The zero-order chi connectivity index (χ0) is 16.5. The minimum atomic E-state index is 0.417. The van der Waals surface area contributed by atoms with Gasteiger partial charge in [-0.3, -0.25) is 0 Å². The van der Waals surface area contributed by atoms with Gasteiger partial charge in [0.2, 0.25) is 5.88 Å². The molecule has 0 amide bonds. The quantitative estimate of drug-likeness (QED) is 0.517. The van der Waals surface area contributed by atoms with Crippen molar-refractivity contribution in [3.05, 3.63) is 69.5 Å². The molecule has 0 bridgehead atoms. The van der Waals surface area contributed by atoms with Gasteiger partial charge in [-0.25, -0.2) is 9.50 Å². The van der Waals surface area contributed by atoms with Gasteiger partial charge in [-0.05, 0) is 41.6 Å². The highest BCUT2D eigenvalue weighted by molar-refractivity contribution is 7.08. The first-order valence-corrected chi connectivity index (χ1v) is 8.78. The SMILES string of the molecule is Cc1cscc1-c1cnc2ccc(OCc3cccc(Cl)c3)nn12. The molecule has 0 aliphatic rings. The van der Waals surface area contributed by atoms with Crippen LogP contribution in [-0.4, -0.2) is 14.6 Å². The molecule has 0 fully saturated rings. The van der Waals surface area contributed by atoms with E-state index in [4.69, 9.17) is 16.3 Å². The van der Waals surface area contributed by atoms with Crippen LogP contribution in [0.15, 0.2) is 53.4 Å². The minimum Gasteiger partial charge on any atom is -0.472 e. The van der Waals surface area contributed by atoms with E-state index >= 15 is 0 Å². The maximum Gasteiger partial charge on any atom is 0.232 e. The second-order valence-electron chi connectivity index (χ2n) is 5.47. The zero-order valence-electron chi connectivity index (χ0n) is 12.9. The molecule has 0 saturated heterocycles. The molecule has 0 spiro atoms. The van der Waals surface area contributed by atoms with Gasteiger partial charge in [-0.1, -0.05) is 23.7 Å². The molecule has 0 unspecified atom stereocenters. The summed E-state index contributed by atoms with van der Waals surface area (Å²) in [7, 11) is 0. The van der Waals surface area contributed by atoms with Crippen molar-refractivity contribution in [3.63, 3.8) is 0 Å². The minimum absolute atomic E-state index is 0.417. The molecule has 4 nitrogen and oxygen atoms in total. The van der Waals surface area contributed by atoms with Crippen LogP contribution in [0.25, 0.3) is 16.9 Å². The topological polar surface area (TPSA) is 39.4 Å². The number of rotatable bonds is 4. The molecule has 4 aromatic rings. The molecule has 0 atom stereocenters. The molecule has 4 rings (SSSR count). The first kappa shape index (κ1) is 15.2. The highest BCUT2D eigenvalue weighted by Gasteiger charge is 2.11. The Hall–Kier alpha value is -2.37. The summed E-state index contributed by atoms with van der Waals surface area (Å²) >= 11 is 7.67. The number of ether oxygens (including phenoxy) is 1. The number of benzene rings is 1. The number of nitrogens with zero attached hydrogens (tertiary/aromatic N) is 3. The van der Waals surface area contributed by atoms with E-state index in [1.807, 2.05) is 47.1 Å². The van der Waals surface area contributed by atoms with Gasteiger partial charge in [0, 0.05) is 22.0 Å². The van der Waals surface area contributed by atoms with Crippen molar-refractivity contribution in [2.75, 3.05) is 0 Å². The van der Waals surface area contributed by atoms with Crippen LogP contribution >= 0.6 is 22.9 Å². The smallest absolute Gasteiger partial charge is 0.232 e. The summed E-state index contributed by atoms with van der Waals surface area (Å²) in [6.45, 7) is 2.51. The molecular formula is C18H14ClN3OS. The standard InChI is InChI=1S/C18H14ClN3OS/c1-12-10-24-11-15(12)16-8-20-17-5-6-18(21-22(16)17)23-9-13-3-2-4-14(19)7-13/h2-8,10-11H,9H2,1H3. The van der Waals surface area contributed by atoms with Crippen LogP contribution in [-0.2, 0) is 6.61 Å². The summed E-state index contributed by atoms with van der Waals surface area (Å²) in [5.41, 5.74) is 5.13. The van der Waals surface area contributed by atoms with Gasteiger partial charge < -0.3 is 4.74 Å². The lowest BCUT2D eigenvalue weighted by Crippen LogP contribution is -2.01.